The van der Waals surface area contributed by atoms with Crippen molar-refractivity contribution in [3.63, 3.8) is 0 Å². The zero-order valence-electron chi connectivity index (χ0n) is 10.7. The van der Waals surface area contributed by atoms with Gasteiger partial charge in [0, 0.05) is 16.5 Å². The highest BCUT2D eigenvalue weighted by Crippen LogP contribution is 2.37. The van der Waals surface area contributed by atoms with E-state index < -0.39 is 0 Å². The number of nitrogens with one attached hydrogen (secondary N) is 1. The lowest BCUT2D eigenvalue weighted by molar-refractivity contribution is 0.350. The average molecular weight is 354 g/mol. The Hall–Kier alpha value is -1.07. The fourth-order valence-electron chi connectivity index (χ4n) is 2.53. The number of para-hydroxylation sites is 1. The predicted molar refractivity (Wildman–Crippen MR) is 84.0 cm³/mol. The molecule has 2 aromatic carbocycles. The monoisotopic (exact) mass is 352 g/mol. The van der Waals surface area contributed by atoms with Gasteiger partial charge in [-0.2, -0.15) is 0 Å². The lowest BCUT2D eigenvalue weighted by atomic mass is 9.96. The molecule has 0 bridgehead atoms. The summed E-state index contributed by atoms with van der Waals surface area (Å²) in [6.45, 7) is 0.727. The molecule has 1 aliphatic rings. The summed E-state index contributed by atoms with van der Waals surface area (Å²) >= 11 is 9.57. The molecular formula is C15H14BrClN2O. The number of halogens is 2. The Morgan fingerprint density at radius 2 is 2.15 bits per heavy atom. The van der Waals surface area contributed by atoms with Crippen molar-refractivity contribution in [1.82, 2.24) is 5.43 Å². The molecule has 0 aromatic heterocycles. The first kappa shape index (κ1) is 13.9. The van der Waals surface area contributed by atoms with Gasteiger partial charge in [-0.25, -0.2) is 5.43 Å². The van der Waals surface area contributed by atoms with Crippen LogP contribution in [0.2, 0.25) is 5.02 Å². The highest BCUT2D eigenvalue weighted by atomic mass is 79.9. The Kier molecular flexibility index (Phi) is 3.98. The van der Waals surface area contributed by atoms with Crippen LogP contribution in [0.25, 0.3) is 0 Å². The summed E-state index contributed by atoms with van der Waals surface area (Å²) in [5.74, 6) is 6.70. The van der Waals surface area contributed by atoms with Crippen molar-refractivity contribution in [1.29, 1.82) is 0 Å². The summed E-state index contributed by atoms with van der Waals surface area (Å²) in [6.07, 6.45) is 0.946. The first-order valence-corrected chi connectivity index (χ1v) is 7.53. The van der Waals surface area contributed by atoms with E-state index in [1.165, 1.54) is 5.56 Å². The van der Waals surface area contributed by atoms with Gasteiger partial charge in [0.2, 0.25) is 0 Å². The van der Waals surface area contributed by atoms with E-state index in [1.807, 2.05) is 30.3 Å². The Bertz CT molecular complexity index is 648. The largest absolute Gasteiger partial charge is 0.493 e. The number of rotatable bonds is 3. The summed E-state index contributed by atoms with van der Waals surface area (Å²) in [5.41, 5.74) is 6.13. The molecule has 0 aliphatic carbocycles. The summed E-state index contributed by atoms with van der Waals surface area (Å²) in [6, 6.07) is 11.8. The van der Waals surface area contributed by atoms with Gasteiger partial charge in [0.25, 0.3) is 0 Å². The van der Waals surface area contributed by atoms with Crippen LogP contribution in [0.15, 0.2) is 40.9 Å². The lowest BCUT2D eigenvalue weighted by Gasteiger charge is -2.20. The summed E-state index contributed by atoms with van der Waals surface area (Å²) in [7, 11) is 0. The van der Waals surface area contributed by atoms with Crippen molar-refractivity contribution in [2.75, 3.05) is 6.61 Å². The van der Waals surface area contributed by atoms with Crippen molar-refractivity contribution >= 4 is 27.5 Å². The fourth-order valence-corrected chi connectivity index (χ4v) is 2.96. The first-order chi connectivity index (χ1) is 9.70. The predicted octanol–water partition coefficient (Wildman–Crippen LogP) is 3.59. The van der Waals surface area contributed by atoms with Crippen LogP contribution in [0.5, 0.6) is 5.75 Å². The van der Waals surface area contributed by atoms with Gasteiger partial charge in [-0.3, -0.25) is 5.84 Å². The van der Waals surface area contributed by atoms with E-state index in [1.54, 1.807) is 0 Å². The fraction of sp³-hybridized carbons (Fsp3) is 0.200. The van der Waals surface area contributed by atoms with Crippen LogP contribution in [0.4, 0.5) is 0 Å². The Morgan fingerprint density at radius 3 is 2.90 bits per heavy atom. The SMILES string of the molecule is NNC(c1ccc(Br)c(Cl)c1)c1cccc2c1OCC2. The minimum Gasteiger partial charge on any atom is -0.493 e. The van der Waals surface area contributed by atoms with Crippen molar-refractivity contribution < 1.29 is 4.74 Å². The van der Waals surface area contributed by atoms with E-state index in [2.05, 4.69) is 27.4 Å². The zero-order chi connectivity index (χ0) is 14.1. The van der Waals surface area contributed by atoms with Crippen molar-refractivity contribution in [3.8, 4) is 5.75 Å². The molecule has 2 aromatic rings. The average Bonchev–Trinajstić information content (AvgIpc) is 2.93. The number of hydrazine groups is 1. The molecule has 20 heavy (non-hydrogen) atoms. The first-order valence-electron chi connectivity index (χ1n) is 6.36. The van der Waals surface area contributed by atoms with Gasteiger partial charge in [0.1, 0.15) is 5.75 Å². The third kappa shape index (κ3) is 2.44. The van der Waals surface area contributed by atoms with E-state index in [0.29, 0.717) is 5.02 Å². The number of hydrogen-bond donors (Lipinski definition) is 2. The van der Waals surface area contributed by atoms with E-state index in [9.17, 15) is 0 Å². The van der Waals surface area contributed by atoms with Crippen LogP contribution in [0.1, 0.15) is 22.7 Å². The van der Waals surface area contributed by atoms with Gasteiger partial charge in [-0.1, -0.05) is 35.9 Å². The molecular weight excluding hydrogens is 340 g/mol. The molecule has 104 valence electrons. The molecule has 3 rings (SSSR count). The van der Waals surface area contributed by atoms with Gasteiger partial charge in [0.15, 0.2) is 0 Å². The topological polar surface area (TPSA) is 47.3 Å². The van der Waals surface area contributed by atoms with E-state index in [0.717, 1.165) is 34.4 Å². The molecule has 1 heterocycles. The zero-order valence-corrected chi connectivity index (χ0v) is 13.0. The molecule has 3 nitrogen and oxygen atoms in total. The normalized spacial score (nSPS) is 14.8. The van der Waals surface area contributed by atoms with Crippen LogP contribution in [-0.4, -0.2) is 6.61 Å². The van der Waals surface area contributed by atoms with Crippen molar-refractivity contribution in [2.45, 2.75) is 12.5 Å². The molecule has 5 heteroatoms. The third-order valence-corrected chi connectivity index (χ3v) is 4.73. The summed E-state index contributed by atoms with van der Waals surface area (Å²) < 4.78 is 6.62. The second kappa shape index (κ2) is 5.74. The Morgan fingerprint density at radius 1 is 1.30 bits per heavy atom. The van der Waals surface area contributed by atoms with E-state index >= 15 is 0 Å². The Balaban J connectivity index is 2.06. The number of nitrogens with two attached hydrogens (primary N) is 1. The summed E-state index contributed by atoms with van der Waals surface area (Å²) in [5, 5.41) is 0.663. The molecule has 1 unspecified atom stereocenters. The van der Waals surface area contributed by atoms with Gasteiger partial charge in [-0.05, 0) is 39.2 Å². The van der Waals surface area contributed by atoms with E-state index in [-0.39, 0.29) is 6.04 Å². The number of fused-ring (bicyclic) bond motifs is 1. The second-order valence-corrected chi connectivity index (χ2v) is 5.97. The number of benzene rings is 2. The highest BCUT2D eigenvalue weighted by molar-refractivity contribution is 9.10. The van der Waals surface area contributed by atoms with Gasteiger partial charge < -0.3 is 4.74 Å². The number of hydrogen-bond acceptors (Lipinski definition) is 3. The maximum absolute atomic E-state index is 6.17. The molecule has 0 radical (unpaired) electrons. The van der Waals surface area contributed by atoms with Gasteiger partial charge in [0.05, 0.1) is 17.7 Å². The van der Waals surface area contributed by atoms with Crippen LogP contribution >= 0.6 is 27.5 Å². The molecule has 0 saturated carbocycles. The summed E-state index contributed by atoms with van der Waals surface area (Å²) in [4.78, 5) is 0. The van der Waals surface area contributed by atoms with Crippen LogP contribution < -0.4 is 16.0 Å². The second-order valence-electron chi connectivity index (χ2n) is 4.71. The Labute approximate surface area is 131 Å². The lowest BCUT2D eigenvalue weighted by Crippen LogP contribution is -2.29. The maximum Gasteiger partial charge on any atom is 0.127 e. The van der Waals surface area contributed by atoms with Gasteiger partial charge in [-0.15, -0.1) is 0 Å². The van der Waals surface area contributed by atoms with Crippen LogP contribution in [0, 0.1) is 0 Å². The minimum atomic E-state index is -0.145. The number of ether oxygens (including phenoxy) is 1. The van der Waals surface area contributed by atoms with Crippen molar-refractivity contribution in [3.05, 3.63) is 62.6 Å². The highest BCUT2D eigenvalue weighted by Gasteiger charge is 2.23. The van der Waals surface area contributed by atoms with Crippen LogP contribution in [0.3, 0.4) is 0 Å². The maximum atomic E-state index is 6.17. The molecule has 0 spiro atoms. The third-order valence-electron chi connectivity index (χ3n) is 3.50. The molecule has 1 aliphatic heterocycles. The molecule has 1 atom stereocenters. The van der Waals surface area contributed by atoms with Crippen molar-refractivity contribution in [2.24, 2.45) is 5.84 Å². The molecule has 0 fully saturated rings. The van der Waals surface area contributed by atoms with Gasteiger partial charge >= 0.3 is 0 Å². The quantitative estimate of drug-likeness (QED) is 0.655. The smallest absolute Gasteiger partial charge is 0.127 e. The van der Waals surface area contributed by atoms with E-state index in [4.69, 9.17) is 22.2 Å². The molecule has 3 N–H and O–H groups in total. The van der Waals surface area contributed by atoms with Crippen LogP contribution in [-0.2, 0) is 6.42 Å². The molecule has 0 amide bonds. The standard InChI is InChI=1S/C15H14BrClN2O/c16-12-5-4-10(8-13(12)17)14(19-18)11-3-1-2-9-6-7-20-15(9)11/h1-5,8,14,19H,6-7,18H2. The minimum absolute atomic E-state index is 0.145. The molecule has 0 saturated heterocycles.